The number of anilines is 1. The molecule has 5 aromatic rings. The molecule has 0 radical (unpaired) electrons. The molecule has 1 fully saturated rings. The molecule has 2 heterocycles. The van der Waals surface area contributed by atoms with E-state index >= 15 is 4.39 Å². The summed E-state index contributed by atoms with van der Waals surface area (Å²) in [5.74, 6) is -0.211. The number of benzene rings is 4. The Balaban J connectivity index is 1.58. The fraction of sp³-hybridized carbons (Fsp3) is 0.333. The van der Waals surface area contributed by atoms with Crippen LogP contribution in [0.5, 0.6) is 5.75 Å². The summed E-state index contributed by atoms with van der Waals surface area (Å²) < 4.78 is 52.4. The van der Waals surface area contributed by atoms with E-state index in [0.29, 0.717) is 11.3 Å². The van der Waals surface area contributed by atoms with E-state index in [9.17, 15) is 14.9 Å². The summed E-state index contributed by atoms with van der Waals surface area (Å²) in [6.07, 6.45) is -5.31. The molecule has 6 rings (SSSR count). The summed E-state index contributed by atoms with van der Waals surface area (Å²) in [5, 5.41) is 13.1. The van der Waals surface area contributed by atoms with Crippen LogP contribution in [0.2, 0.25) is 0 Å². The van der Waals surface area contributed by atoms with Gasteiger partial charge in [0.25, 0.3) is 8.53 Å². The quantitative estimate of drug-likeness (QED) is 0.0294. The zero-order chi connectivity index (χ0) is 42.8. The Morgan fingerprint density at radius 1 is 0.933 bits per heavy atom. The summed E-state index contributed by atoms with van der Waals surface area (Å²) in [4.78, 5) is 31.4. The van der Waals surface area contributed by atoms with Crippen molar-refractivity contribution >= 4 is 20.3 Å². The first-order chi connectivity index (χ1) is 29.0. The lowest BCUT2D eigenvalue weighted by Crippen LogP contribution is -2.58. The molecular weight excluding hydrogens is 787 g/mol. The molecule has 60 heavy (non-hydrogen) atoms. The van der Waals surface area contributed by atoms with E-state index in [1.807, 2.05) is 117 Å². The second-order valence-corrected chi connectivity index (χ2v) is 16.1. The first-order valence-corrected chi connectivity index (χ1v) is 20.8. The molecule has 1 aromatic heterocycles. The number of nitriles is 1. The molecule has 314 valence electrons. The molecule has 15 heteroatoms. The van der Waals surface area contributed by atoms with Crippen LogP contribution in [-0.4, -0.2) is 70.6 Å². The van der Waals surface area contributed by atoms with Crippen LogP contribution in [-0.2, 0) is 24.1 Å². The molecule has 0 spiro atoms. The van der Waals surface area contributed by atoms with Gasteiger partial charge in [-0.25, -0.2) is 18.6 Å². The van der Waals surface area contributed by atoms with Gasteiger partial charge in [0.1, 0.15) is 17.7 Å². The van der Waals surface area contributed by atoms with Crippen LogP contribution in [0.4, 0.5) is 10.2 Å². The van der Waals surface area contributed by atoms with Crippen LogP contribution in [0.25, 0.3) is 0 Å². The van der Waals surface area contributed by atoms with Crippen molar-refractivity contribution in [3.8, 4) is 11.8 Å². The molecule has 0 amide bonds. The number of esters is 1. The van der Waals surface area contributed by atoms with Crippen molar-refractivity contribution in [1.29, 1.82) is 5.26 Å². The maximum atomic E-state index is 18.0. The first-order valence-electron chi connectivity index (χ1n) is 19.7. The highest BCUT2D eigenvalue weighted by Gasteiger charge is 2.55. The van der Waals surface area contributed by atoms with Gasteiger partial charge in [0.05, 0.1) is 43.4 Å². The van der Waals surface area contributed by atoms with Crippen LogP contribution in [0.15, 0.2) is 132 Å². The number of aromatic nitrogens is 2. The number of hydrogen-bond acceptors (Lipinski definition) is 12. The number of hydrogen-bond donors (Lipinski definition) is 2. The van der Waals surface area contributed by atoms with Gasteiger partial charge in [0.2, 0.25) is 6.29 Å². The zero-order valence-corrected chi connectivity index (χ0v) is 35.0. The van der Waals surface area contributed by atoms with Crippen molar-refractivity contribution in [2.45, 2.75) is 82.6 Å². The molecule has 0 bridgehead atoms. The maximum absolute atomic E-state index is 18.0. The van der Waals surface area contributed by atoms with Crippen LogP contribution < -0.4 is 21.5 Å². The van der Waals surface area contributed by atoms with Gasteiger partial charge in [-0.1, -0.05) is 91.0 Å². The second-order valence-electron chi connectivity index (χ2n) is 14.7. The molecule has 1 saturated heterocycles. The molecule has 1 aliphatic heterocycles. The van der Waals surface area contributed by atoms with Crippen LogP contribution in [0.1, 0.15) is 67.4 Å². The van der Waals surface area contributed by atoms with Gasteiger partial charge in [0, 0.05) is 18.3 Å². The van der Waals surface area contributed by atoms with Crippen LogP contribution >= 0.6 is 8.53 Å². The van der Waals surface area contributed by atoms with E-state index in [0.717, 1.165) is 15.7 Å². The van der Waals surface area contributed by atoms with Crippen molar-refractivity contribution < 1.29 is 32.4 Å². The smallest absolute Gasteiger partial charge is 0.351 e. The number of nitrogens with one attached hydrogen (secondary N) is 1. The minimum Gasteiger partial charge on any atom is -0.497 e. The second kappa shape index (κ2) is 20.2. The van der Waals surface area contributed by atoms with E-state index in [4.69, 9.17) is 29.0 Å². The number of carbonyl (C=O) groups is 1. The normalized spacial score (nSPS) is 18.9. The van der Waals surface area contributed by atoms with Crippen LogP contribution in [0.3, 0.4) is 0 Å². The Bertz CT molecular complexity index is 2200. The first kappa shape index (κ1) is 44.0. The fourth-order valence-electron chi connectivity index (χ4n) is 7.41. The molecular formula is C45H50FN6O7P. The van der Waals surface area contributed by atoms with Gasteiger partial charge in [-0.3, -0.25) is 14.4 Å². The van der Waals surface area contributed by atoms with Gasteiger partial charge < -0.3 is 24.5 Å². The summed E-state index contributed by atoms with van der Waals surface area (Å²) in [6, 6.07) is 36.6. The number of halogens is 1. The Hall–Kier alpha value is -5.52. The third-order valence-electron chi connectivity index (χ3n) is 10.1. The highest BCUT2D eigenvalue weighted by atomic mass is 31.2. The van der Waals surface area contributed by atoms with Crippen molar-refractivity contribution in [1.82, 2.24) is 19.5 Å². The molecule has 3 N–H and O–H groups in total. The maximum Gasteiger partial charge on any atom is 0.351 e. The van der Waals surface area contributed by atoms with Gasteiger partial charge in [0.15, 0.2) is 12.4 Å². The lowest BCUT2D eigenvalue weighted by Gasteiger charge is -2.42. The Morgan fingerprint density at radius 3 is 2.03 bits per heavy atom. The monoisotopic (exact) mass is 836 g/mol. The van der Waals surface area contributed by atoms with Crippen molar-refractivity contribution in [2.75, 3.05) is 19.5 Å². The zero-order valence-electron chi connectivity index (χ0n) is 34.1. The summed E-state index contributed by atoms with van der Waals surface area (Å²) in [5.41, 5.74) is 6.13. The van der Waals surface area contributed by atoms with Crippen molar-refractivity contribution in [3.63, 3.8) is 0 Å². The molecule has 6 atom stereocenters. The largest absolute Gasteiger partial charge is 0.497 e. The van der Waals surface area contributed by atoms with Gasteiger partial charge in [-0.2, -0.15) is 10.2 Å². The predicted octanol–water partition coefficient (Wildman–Crippen LogP) is 7.50. The van der Waals surface area contributed by atoms with E-state index in [-0.39, 0.29) is 36.5 Å². The minimum atomic E-state index is -2.09. The SMILES string of the molecule is COc1ccc(C(N[C@H]2[C@@H](F)[C@H](n3ccc(N)nc3=O)O[C@@H]2C(OC(=O)c2ccccc2)OP(OCCC#N)N(C(C)C)C(C)C)(c2ccccc2)c2ccccc2)cc1. The minimum absolute atomic E-state index is 0.00809. The number of ether oxygens (including phenoxy) is 3. The lowest BCUT2D eigenvalue weighted by molar-refractivity contribution is -0.151. The number of alkyl halides is 1. The third-order valence-corrected chi connectivity index (χ3v) is 12.2. The molecule has 4 aromatic carbocycles. The predicted molar refractivity (Wildman–Crippen MR) is 226 cm³/mol. The van der Waals surface area contributed by atoms with E-state index in [1.54, 1.807) is 37.4 Å². The standard InChI is InChI=1S/C45H50FN6O7P/c1-30(2)52(31(3)4)60(56-29-15-27-47)59-43(58-42(53)32-16-9-6-10-17-32)40-39(38(46)41(57-40)51-28-26-37(48)49-44(51)54)50-45(33-18-11-7-12-19-33,34-20-13-8-14-21-34)35-22-24-36(55-5)25-23-35/h6-14,16-26,28,30-31,38-41,43,50H,15,29H2,1-5H3,(H2,48,49,54)/t38-,39+,40+,41-,43?,60?/m1/s1. The van der Waals surface area contributed by atoms with Gasteiger partial charge >= 0.3 is 11.7 Å². The lowest BCUT2D eigenvalue weighted by atomic mass is 9.76. The van der Waals surface area contributed by atoms with Gasteiger partial charge in [-0.15, -0.1) is 0 Å². The molecule has 0 aliphatic carbocycles. The highest BCUT2D eigenvalue weighted by Crippen LogP contribution is 2.50. The fourth-order valence-corrected chi connectivity index (χ4v) is 9.06. The Morgan fingerprint density at radius 2 is 1.50 bits per heavy atom. The molecule has 0 saturated carbocycles. The highest BCUT2D eigenvalue weighted by molar-refractivity contribution is 7.44. The topological polar surface area (TPSA) is 163 Å². The van der Waals surface area contributed by atoms with Crippen LogP contribution in [0, 0.1) is 11.3 Å². The Kier molecular flexibility index (Phi) is 14.8. The molecule has 13 nitrogen and oxygen atoms in total. The molecule has 2 unspecified atom stereocenters. The number of methoxy groups -OCH3 is 1. The van der Waals surface area contributed by atoms with E-state index < -0.39 is 56.6 Å². The number of nitrogen functional groups attached to an aromatic ring is 1. The third kappa shape index (κ3) is 9.74. The average molecular weight is 837 g/mol. The number of nitrogens with two attached hydrogens (primary N) is 1. The Labute approximate surface area is 350 Å². The van der Waals surface area contributed by atoms with E-state index in [2.05, 4.69) is 16.4 Å². The van der Waals surface area contributed by atoms with Gasteiger partial charge in [-0.05, 0) is 74.7 Å². The summed E-state index contributed by atoms with van der Waals surface area (Å²) >= 11 is 0. The van der Waals surface area contributed by atoms with Crippen molar-refractivity contribution in [3.05, 3.63) is 160 Å². The molecule has 1 aliphatic rings. The number of rotatable bonds is 18. The van der Waals surface area contributed by atoms with E-state index in [1.165, 1.54) is 12.3 Å². The number of carbonyl (C=O) groups excluding carboxylic acids is 1. The average Bonchev–Trinajstić information content (AvgIpc) is 3.57. The number of nitrogens with zero attached hydrogens (tertiary/aromatic N) is 4. The summed E-state index contributed by atoms with van der Waals surface area (Å²) in [7, 11) is -0.513. The summed E-state index contributed by atoms with van der Waals surface area (Å²) in [6.45, 7) is 7.86. The van der Waals surface area contributed by atoms with Crippen molar-refractivity contribution in [2.24, 2.45) is 0 Å².